The van der Waals surface area contributed by atoms with Gasteiger partial charge in [-0.3, -0.25) is 4.79 Å². The van der Waals surface area contributed by atoms with Gasteiger partial charge in [-0.05, 0) is 60.2 Å². The first-order chi connectivity index (χ1) is 14.6. The van der Waals surface area contributed by atoms with Gasteiger partial charge in [0.1, 0.15) is 11.6 Å². The van der Waals surface area contributed by atoms with E-state index >= 15 is 0 Å². The predicted molar refractivity (Wildman–Crippen MR) is 112 cm³/mol. The molecule has 2 aromatic carbocycles. The number of nitrogens with zero attached hydrogens (tertiary/aromatic N) is 2. The zero-order valence-corrected chi connectivity index (χ0v) is 16.5. The molecule has 0 saturated carbocycles. The van der Waals surface area contributed by atoms with E-state index in [9.17, 15) is 14.3 Å². The van der Waals surface area contributed by atoms with Gasteiger partial charge >= 0.3 is 5.97 Å². The van der Waals surface area contributed by atoms with E-state index in [2.05, 4.69) is 15.3 Å². The molecule has 3 aromatic rings. The molecule has 3 rings (SSSR count). The molecule has 0 aliphatic rings. The van der Waals surface area contributed by atoms with Gasteiger partial charge in [-0.2, -0.15) is 0 Å². The Hall–Kier alpha value is -3.48. The van der Waals surface area contributed by atoms with E-state index in [1.807, 2.05) is 24.3 Å². The molecular formula is C23H24FN3O3. The highest BCUT2D eigenvalue weighted by atomic mass is 19.1. The van der Waals surface area contributed by atoms with E-state index in [0.717, 1.165) is 23.3 Å². The number of hydrogen-bond donors (Lipinski definition) is 2. The molecule has 1 atom stereocenters. The third-order valence-corrected chi connectivity index (χ3v) is 4.61. The van der Waals surface area contributed by atoms with E-state index in [1.165, 1.54) is 12.1 Å². The van der Waals surface area contributed by atoms with Crippen molar-refractivity contribution in [2.75, 3.05) is 18.5 Å². The minimum atomic E-state index is -0.876. The first-order valence-electron chi connectivity index (χ1n) is 9.80. The Morgan fingerprint density at radius 2 is 1.77 bits per heavy atom. The molecule has 156 valence electrons. The van der Waals surface area contributed by atoms with Crippen LogP contribution < -0.4 is 10.1 Å². The summed E-state index contributed by atoms with van der Waals surface area (Å²) in [6, 6.07) is 15.4. The fourth-order valence-electron chi connectivity index (χ4n) is 3.11. The van der Waals surface area contributed by atoms with Crippen molar-refractivity contribution in [2.45, 2.75) is 25.2 Å². The average molecular weight is 409 g/mol. The summed E-state index contributed by atoms with van der Waals surface area (Å²) in [5.74, 6) is -0.0778. The lowest BCUT2D eigenvalue weighted by Gasteiger charge is -2.16. The Balaban J connectivity index is 1.48. The summed E-state index contributed by atoms with van der Waals surface area (Å²) in [5, 5.41) is 12.4. The number of benzene rings is 2. The summed E-state index contributed by atoms with van der Waals surface area (Å²) in [6.07, 6.45) is 4.71. The summed E-state index contributed by atoms with van der Waals surface area (Å²) < 4.78 is 18.9. The molecule has 0 amide bonds. The van der Waals surface area contributed by atoms with E-state index in [4.69, 9.17) is 4.74 Å². The maximum Gasteiger partial charge on any atom is 0.303 e. The Bertz CT molecular complexity index is 919. The number of ether oxygens (including phenoxy) is 1. The van der Waals surface area contributed by atoms with Crippen molar-refractivity contribution in [3.05, 3.63) is 83.9 Å². The van der Waals surface area contributed by atoms with Crippen LogP contribution >= 0.6 is 0 Å². The first-order valence-corrected chi connectivity index (χ1v) is 9.80. The summed E-state index contributed by atoms with van der Waals surface area (Å²) in [6.45, 7) is 1.26. The van der Waals surface area contributed by atoms with Crippen molar-refractivity contribution in [1.29, 1.82) is 0 Å². The van der Waals surface area contributed by atoms with Gasteiger partial charge in [-0.25, -0.2) is 14.4 Å². The van der Waals surface area contributed by atoms with Crippen molar-refractivity contribution in [3.63, 3.8) is 0 Å². The fourth-order valence-corrected chi connectivity index (χ4v) is 3.11. The van der Waals surface area contributed by atoms with Crippen LogP contribution in [0.1, 0.15) is 29.9 Å². The second kappa shape index (κ2) is 10.9. The van der Waals surface area contributed by atoms with Crippen molar-refractivity contribution < 1.29 is 19.0 Å². The van der Waals surface area contributed by atoms with Gasteiger partial charge < -0.3 is 15.2 Å². The van der Waals surface area contributed by atoms with Gasteiger partial charge in [0.15, 0.2) is 0 Å². The Labute approximate surface area is 174 Å². The van der Waals surface area contributed by atoms with Crippen molar-refractivity contribution in [3.8, 4) is 5.75 Å². The van der Waals surface area contributed by atoms with Crippen LogP contribution in [0.25, 0.3) is 0 Å². The normalized spacial score (nSPS) is 11.6. The zero-order valence-electron chi connectivity index (χ0n) is 16.5. The maximum atomic E-state index is 13.2. The summed E-state index contributed by atoms with van der Waals surface area (Å²) >= 11 is 0. The molecule has 0 spiro atoms. The molecule has 0 aliphatic heterocycles. The van der Waals surface area contributed by atoms with Crippen LogP contribution in [0.15, 0.2) is 67.0 Å². The Kier molecular flexibility index (Phi) is 7.71. The minimum Gasteiger partial charge on any atom is -0.494 e. The number of anilines is 1. The number of aromatic nitrogens is 2. The number of nitrogens with one attached hydrogen (secondary N) is 1. The SMILES string of the molecule is O=C(O)CC(Cc1ccc(OCCCNc2ncccn2)cc1)c1ccc(F)cc1. The van der Waals surface area contributed by atoms with Gasteiger partial charge in [0.2, 0.25) is 5.95 Å². The summed E-state index contributed by atoms with van der Waals surface area (Å²) in [5.41, 5.74) is 1.81. The number of halogens is 1. The highest BCUT2D eigenvalue weighted by Gasteiger charge is 2.16. The van der Waals surface area contributed by atoms with Gasteiger partial charge in [0.05, 0.1) is 13.0 Å². The number of hydrogen-bond acceptors (Lipinski definition) is 5. The molecule has 1 heterocycles. The third kappa shape index (κ3) is 6.84. The van der Waals surface area contributed by atoms with Gasteiger partial charge in [-0.15, -0.1) is 0 Å². The molecule has 7 heteroatoms. The lowest BCUT2D eigenvalue weighted by Crippen LogP contribution is -2.10. The molecule has 0 bridgehead atoms. The molecule has 0 radical (unpaired) electrons. The number of carboxylic acids is 1. The molecule has 0 saturated heterocycles. The summed E-state index contributed by atoms with van der Waals surface area (Å²) in [7, 11) is 0. The summed E-state index contributed by atoms with van der Waals surface area (Å²) in [4.78, 5) is 19.4. The van der Waals surface area contributed by atoms with Crippen LogP contribution in [0.2, 0.25) is 0 Å². The first kappa shape index (κ1) is 21.2. The smallest absolute Gasteiger partial charge is 0.303 e. The second-order valence-electron chi connectivity index (χ2n) is 6.90. The minimum absolute atomic E-state index is 0.0119. The van der Waals surface area contributed by atoms with E-state index in [0.29, 0.717) is 25.5 Å². The van der Waals surface area contributed by atoms with Crippen molar-refractivity contribution in [2.24, 2.45) is 0 Å². The van der Waals surface area contributed by atoms with Crippen LogP contribution in [-0.4, -0.2) is 34.2 Å². The molecule has 0 fully saturated rings. The van der Waals surface area contributed by atoms with E-state index < -0.39 is 5.97 Å². The fraction of sp³-hybridized carbons (Fsp3) is 0.261. The standard InChI is InChI=1S/C23H24FN3O3/c24-20-7-5-18(6-8-20)19(16-22(28)29)15-17-3-9-21(10-4-17)30-14-2-13-27-23-25-11-1-12-26-23/h1,3-12,19H,2,13-16H2,(H,28,29)(H,25,26,27). The molecule has 2 N–H and O–H groups in total. The topological polar surface area (TPSA) is 84.3 Å². The molecular weight excluding hydrogens is 385 g/mol. The molecule has 0 aliphatic carbocycles. The third-order valence-electron chi connectivity index (χ3n) is 4.61. The molecule has 6 nitrogen and oxygen atoms in total. The predicted octanol–water partition coefficient (Wildman–Crippen LogP) is 4.30. The van der Waals surface area contributed by atoms with Gasteiger partial charge in [-0.1, -0.05) is 24.3 Å². The largest absolute Gasteiger partial charge is 0.494 e. The number of rotatable bonds is 11. The number of carbonyl (C=O) groups is 1. The Morgan fingerprint density at radius 3 is 2.43 bits per heavy atom. The zero-order chi connectivity index (χ0) is 21.2. The second-order valence-corrected chi connectivity index (χ2v) is 6.90. The Morgan fingerprint density at radius 1 is 1.07 bits per heavy atom. The highest BCUT2D eigenvalue weighted by molar-refractivity contribution is 5.68. The number of aliphatic carboxylic acids is 1. The van der Waals surface area contributed by atoms with E-state index in [-0.39, 0.29) is 18.2 Å². The number of carboxylic acid groups (broad SMARTS) is 1. The highest BCUT2D eigenvalue weighted by Crippen LogP contribution is 2.26. The lowest BCUT2D eigenvalue weighted by molar-refractivity contribution is -0.137. The van der Waals surface area contributed by atoms with E-state index in [1.54, 1.807) is 30.6 Å². The van der Waals surface area contributed by atoms with Crippen LogP contribution in [0.4, 0.5) is 10.3 Å². The van der Waals surface area contributed by atoms with Crippen molar-refractivity contribution >= 4 is 11.9 Å². The van der Waals surface area contributed by atoms with Crippen LogP contribution in [0.3, 0.4) is 0 Å². The molecule has 30 heavy (non-hydrogen) atoms. The van der Waals surface area contributed by atoms with Gasteiger partial charge in [0, 0.05) is 18.9 Å². The lowest BCUT2D eigenvalue weighted by atomic mass is 9.89. The maximum absolute atomic E-state index is 13.2. The van der Waals surface area contributed by atoms with Gasteiger partial charge in [0.25, 0.3) is 0 Å². The van der Waals surface area contributed by atoms with Crippen molar-refractivity contribution in [1.82, 2.24) is 9.97 Å². The van der Waals surface area contributed by atoms with Crippen LogP contribution in [-0.2, 0) is 11.2 Å². The molecule has 1 unspecified atom stereocenters. The van der Waals surface area contributed by atoms with Crippen LogP contribution in [0, 0.1) is 5.82 Å². The monoisotopic (exact) mass is 409 g/mol. The quantitative estimate of drug-likeness (QED) is 0.460. The van der Waals surface area contributed by atoms with Crippen LogP contribution in [0.5, 0.6) is 5.75 Å². The average Bonchev–Trinajstić information content (AvgIpc) is 2.75. The molecule has 1 aromatic heterocycles.